The second-order valence-electron chi connectivity index (χ2n) is 7.37. The molecule has 162 valence electrons. The number of anilines is 2. The van der Waals surface area contributed by atoms with Crippen molar-refractivity contribution in [2.45, 2.75) is 13.8 Å². The summed E-state index contributed by atoms with van der Waals surface area (Å²) in [7, 11) is 1.56. The average Bonchev–Trinajstić information content (AvgIpc) is 3.08. The third-order valence-corrected chi connectivity index (χ3v) is 5.64. The molecule has 0 aliphatic carbocycles. The van der Waals surface area contributed by atoms with Crippen molar-refractivity contribution in [1.29, 1.82) is 0 Å². The summed E-state index contributed by atoms with van der Waals surface area (Å²) in [5, 5.41) is 8.13. The average molecular weight is 441 g/mol. The smallest absolute Gasteiger partial charge is 0.322 e. The van der Waals surface area contributed by atoms with Gasteiger partial charge in [-0.2, -0.15) is 5.10 Å². The van der Waals surface area contributed by atoms with Crippen molar-refractivity contribution in [3.05, 3.63) is 59.0 Å². The molecule has 9 heteroatoms. The molecule has 0 unspecified atom stereocenters. The first-order valence-corrected chi connectivity index (χ1v) is 10.5. The second kappa shape index (κ2) is 8.85. The standard InChI is InChI=1S/C22H25ClN6O2/c1-15-21(16(2)29(26-15)20-6-4-5-9-24-20)27-10-12-28(13-11-27)22(30)25-18-14-17(23)7-8-19(18)31-3/h4-9,14H,10-13H2,1-3H3,(H,25,30). The second-order valence-corrected chi connectivity index (χ2v) is 7.80. The van der Waals surface area contributed by atoms with E-state index in [9.17, 15) is 4.79 Å². The van der Waals surface area contributed by atoms with E-state index in [0.717, 1.165) is 36.0 Å². The van der Waals surface area contributed by atoms with Crippen LogP contribution in [0.3, 0.4) is 0 Å². The molecule has 3 aromatic rings. The van der Waals surface area contributed by atoms with E-state index in [2.05, 4.69) is 27.2 Å². The number of carbonyl (C=O) groups is 1. The van der Waals surface area contributed by atoms with Gasteiger partial charge in [0.1, 0.15) is 5.75 Å². The third kappa shape index (κ3) is 4.29. The molecule has 1 saturated heterocycles. The maximum Gasteiger partial charge on any atom is 0.322 e. The molecule has 0 spiro atoms. The molecular weight excluding hydrogens is 416 g/mol. The Labute approximate surface area is 186 Å². The van der Waals surface area contributed by atoms with Crippen molar-refractivity contribution in [3.8, 4) is 11.6 Å². The lowest BCUT2D eigenvalue weighted by atomic mass is 10.2. The molecule has 1 N–H and O–H groups in total. The van der Waals surface area contributed by atoms with E-state index in [1.54, 1.807) is 36.4 Å². The van der Waals surface area contributed by atoms with E-state index in [1.807, 2.05) is 29.8 Å². The van der Waals surface area contributed by atoms with Crippen molar-refractivity contribution >= 4 is 29.0 Å². The van der Waals surface area contributed by atoms with E-state index in [-0.39, 0.29) is 6.03 Å². The van der Waals surface area contributed by atoms with E-state index < -0.39 is 0 Å². The molecule has 2 aromatic heterocycles. The summed E-state index contributed by atoms with van der Waals surface area (Å²) in [6.07, 6.45) is 1.76. The molecule has 4 rings (SSSR count). The Morgan fingerprint density at radius 2 is 1.90 bits per heavy atom. The van der Waals surface area contributed by atoms with Crippen LogP contribution >= 0.6 is 11.6 Å². The Hall–Kier alpha value is -3.26. The molecule has 31 heavy (non-hydrogen) atoms. The maximum absolute atomic E-state index is 12.8. The zero-order valence-electron chi connectivity index (χ0n) is 17.8. The Morgan fingerprint density at radius 1 is 1.13 bits per heavy atom. The van der Waals surface area contributed by atoms with Crippen molar-refractivity contribution < 1.29 is 9.53 Å². The molecule has 3 heterocycles. The largest absolute Gasteiger partial charge is 0.495 e. The van der Waals surface area contributed by atoms with Gasteiger partial charge in [0, 0.05) is 37.4 Å². The molecule has 0 radical (unpaired) electrons. The highest BCUT2D eigenvalue weighted by Crippen LogP contribution is 2.29. The number of nitrogens with zero attached hydrogens (tertiary/aromatic N) is 5. The summed E-state index contributed by atoms with van der Waals surface area (Å²) in [5.74, 6) is 1.37. The van der Waals surface area contributed by atoms with Crippen LogP contribution in [0, 0.1) is 13.8 Å². The minimum absolute atomic E-state index is 0.169. The number of halogens is 1. The quantitative estimate of drug-likeness (QED) is 0.665. The number of pyridine rings is 1. The lowest BCUT2D eigenvalue weighted by Gasteiger charge is -2.36. The van der Waals surface area contributed by atoms with Crippen LogP contribution in [-0.2, 0) is 0 Å². The van der Waals surface area contributed by atoms with Crippen LogP contribution in [-0.4, -0.2) is 59.0 Å². The number of rotatable bonds is 4. The summed E-state index contributed by atoms with van der Waals surface area (Å²) in [5.41, 5.74) is 3.65. The lowest BCUT2D eigenvalue weighted by molar-refractivity contribution is 0.208. The topological polar surface area (TPSA) is 75.5 Å². The van der Waals surface area contributed by atoms with E-state index >= 15 is 0 Å². The van der Waals surface area contributed by atoms with E-state index in [1.165, 1.54) is 0 Å². The normalized spacial score (nSPS) is 13.9. The zero-order valence-corrected chi connectivity index (χ0v) is 18.6. The van der Waals surface area contributed by atoms with Crippen LogP contribution in [0.5, 0.6) is 5.75 Å². The molecule has 1 aliphatic rings. The first kappa shape index (κ1) is 21.0. The number of hydrogen-bond donors (Lipinski definition) is 1. The fourth-order valence-electron chi connectivity index (χ4n) is 3.90. The van der Waals surface area contributed by atoms with Gasteiger partial charge in [0.15, 0.2) is 5.82 Å². The van der Waals surface area contributed by atoms with Crippen molar-refractivity contribution in [3.63, 3.8) is 0 Å². The first-order valence-electron chi connectivity index (χ1n) is 10.1. The first-order chi connectivity index (χ1) is 15.0. The number of piperazine rings is 1. The summed E-state index contributed by atoms with van der Waals surface area (Å²) < 4.78 is 7.18. The highest BCUT2D eigenvalue weighted by Gasteiger charge is 2.26. The number of urea groups is 1. The van der Waals surface area contributed by atoms with E-state index in [0.29, 0.717) is 29.5 Å². The Kier molecular flexibility index (Phi) is 5.99. The number of benzene rings is 1. The van der Waals surface area contributed by atoms with Gasteiger partial charge < -0.3 is 19.9 Å². The summed E-state index contributed by atoms with van der Waals surface area (Å²) >= 11 is 6.07. The van der Waals surface area contributed by atoms with Gasteiger partial charge in [0.05, 0.1) is 29.9 Å². The van der Waals surface area contributed by atoms with Gasteiger partial charge in [0.25, 0.3) is 0 Å². The van der Waals surface area contributed by atoms with Gasteiger partial charge in [-0.05, 0) is 44.2 Å². The highest BCUT2D eigenvalue weighted by molar-refractivity contribution is 6.31. The Balaban J connectivity index is 1.44. The Morgan fingerprint density at radius 3 is 2.58 bits per heavy atom. The van der Waals surface area contributed by atoms with Crippen molar-refractivity contribution in [1.82, 2.24) is 19.7 Å². The fraction of sp³-hybridized carbons (Fsp3) is 0.318. The molecule has 1 fully saturated rings. The number of aromatic nitrogens is 3. The van der Waals surface area contributed by atoms with Crippen LogP contribution in [0.25, 0.3) is 5.82 Å². The van der Waals surface area contributed by atoms with Gasteiger partial charge in [-0.3, -0.25) is 0 Å². The zero-order chi connectivity index (χ0) is 22.0. The van der Waals surface area contributed by atoms with Crippen LogP contribution in [0.1, 0.15) is 11.4 Å². The monoisotopic (exact) mass is 440 g/mol. The minimum Gasteiger partial charge on any atom is -0.495 e. The predicted molar refractivity (Wildman–Crippen MR) is 122 cm³/mol. The number of carbonyl (C=O) groups excluding carboxylic acids is 1. The number of ether oxygens (including phenoxy) is 1. The predicted octanol–water partition coefficient (Wildman–Crippen LogP) is 3.90. The molecule has 1 aromatic carbocycles. The minimum atomic E-state index is -0.169. The molecular formula is C22H25ClN6O2. The van der Waals surface area contributed by atoms with Gasteiger partial charge in [-0.15, -0.1) is 0 Å². The van der Waals surface area contributed by atoms with Crippen LogP contribution in [0.2, 0.25) is 5.02 Å². The number of hydrogen-bond acceptors (Lipinski definition) is 5. The maximum atomic E-state index is 12.8. The van der Waals surface area contributed by atoms with Gasteiger partial charge in [-0.1, -0.05) is 17.7 Å². The number of amides is 2. The van der Waals surface area contributed by atoms with E-state index in [4.69, 9.17) is 16.3 Å². The molecule has 0 saturated carbocycles. The molecule has 0 bridgehead atoms. The van der Waals surface area contributed by atoms with Gasteiger partial charge >= 0.3 is 6.03 Å². The third-order valence-electron chi connectivity index (χ3n) is 5.41. The van der Waals surface area contributed by atoms with Crippen LogP contribution in [0.15, 0.2) is 42.6 Å². The molecule has 8 nitrogen and oxygen atoms in total. The number of aryl methyl sites for hydroxylation is 1. The van der Waals surface area contributed by atoms with Gasteiger partial charge in [0.2, 0.25) is 0 Å². The molecule has 2 amide bonds. The SMILES string of the molecule is COc1ccc(Cl)cc1NC(=O)N1CCN(c2c(C)nn(-c3ccccn3)c2C)CC1. The summed E-state index contributed by atoms with van der Waals surface area (Å²) in [6.45, 7) is 6.69. The Bertz CT molecular complexity index is 1080. The van der Waals surface area contributed by atoms with Crippen molar-refractivity contribution in [2.75, 3.05) is 43.5 Å². The molecule has 0 atom stereocenters. The van der Waals surface area contributed by atoms with Crippen LogP contribution in [0.4, 0.5) is 16.2 Å². The van der Waals surface area contributed by atoms with Crippen LogP contribution < -0.4 is 15.0 Å². The van der Waals surface area contributed by atoms with Crippen molar-refractivity contribution in [2.24, 2.45) is 0 Å². The summed E-state index contributed by atoms with van der Waals surface area (Å²) in [6, 6.07) is 10.8. The van der Waals surface area contributed by atoms with Gasteiger partial charge in [-0.25, -0.2) is 14.5 Å². The number of nitrogens with one attached hydrogen (secondary N) is 1. The summed E-state index contributed by atoms with van der Waals surface area (Å²) in [4.78, 5) is 21.3. The number of methoxy groups -OCH3 is 1. The lowest BCUT2D eigenvalue weighted by Crippen LogP contribution is -2.50. The highest BCUT2D eigenvalue weighted by atomic mass is 35.5. The fourth-order valence-corrected chi connectivity index (χ4v) is 4.07. The molecule has 1 aliphatic heterocycles.